The predicted octanol–water partition coefficient (Wildman–Crippen LogP) is 1.51. The maximum Gasteiger partial charge on any atom is 0.328 e. The minimum Gasteiger partial charge on any atom is -0.478 e. The highest BCUT2D eigenvalue weighted by molar-refractivity contribution is 5.80. The Morgan fingerprint density at radius 1 is 1.70 bits per heavy atom. The van der Waals surface area contributed by atoms with Gasteiger partial charge in [0.1, 0.15) is 0 Å². The van der Waals surface area contributed by atoms with Gasteiger partial charge in [-0.3, -0.25) is 0 Å². The average molecular weight is 136 g/mol. The molecule has 0 spiro atoms. The lowest BCUT2D eigenvalue weighted by Gasteiger charge is -1.82. The van der Waals surface area contributed by atoms with Crippen molar-refractivity contribution in [2.24, 2.45) is 0 Å². The minimum atomic E-state index is -0.902. The van der Waals surface area contributed by atoms with Crippen molar-refractivity contribution < 1.29 is 9.90 Å². The van der Waals surface area contributed by atoms with Crippen LogP contribution >= 0.6 is 0 Å². The van der Waals surface area contributed by atoms with E-state index in [4.69, 9.17) is 5.11 Å². The number of carbonyl (C=O) groups is 1. The zero-order chi connectivity index (χ0) is 7.40. The van der Waals surface area contributed by atoms with Gasteiger partial charge in [-0.25, -0.2) is 4.79 Å². The third kappa shape index (κ3) is 1.90. The van der Waals surface area contributed by atoms with E-state index in [0.717, 1.165) is 18.1 Å². The highest BCUT2D eigenvalue weighted by Crippen LogP contribution is 2.09. The largest absolute Gasteiger partial charge is 0.478 e. The highest BCUT2D eigenvalue weighted by Gasteiger charge is 1.92. The van der Waals surface area contributed by atoms with Crippen LogP contribution in [0.25, 0.3) is 0 Å². The summed E-state index contributed by atoms with van der Waals surface area (Å²) >= 11 is 0. The smallest absolute Gasteiger partial charge is 0.328 e. The van der Waals surface area contributed by atoms with E-state index in [0.29, 0.717) is 0 Å². The monoisotopic (exact) mass is 136 g/mol. The molecule has 2 nitrogen and oxygen atoms in total. The molecular weight excluding hydrogens is 128 g/mol. The molecule has 1 aliphatic carbocycles. The number of carboxylic acid groups (broad SMARTS) is 1. The molecule has 0 saturated heterocycles. The van der Waals surface area contributed by atoms with E-state index in [1.54, 1.807) is 6.08 Å². The zero-order valence-corrected chi connectivity index (χ0v) is 5.45. The Bertz CT molecular complexity index is 221. The standard InChI is InChI=1S/C8H8O2/c9-8(10)6-5-7-3-1-2-4-7/h1,3-6H,2H2,(H,9,10)/b6-5+. The predicted molar refractivity (Wildman–Crippen MR) is 38.6 cm³/mol. The summed E-state index contributed by atoms with van der Waals surface area (Å²) in [5.74, 6) is -0.902. The summed E-state index contributed by atoms with van der Waals surface area (Å²) in [5.41, 5.74) is 0.974. The van der Waals surface area contributed by atoms with E-state index in [1.165, 1.54) is 0 Å². The second-order valence-electron chi connectivity index (χ2n) is 2.01. The number of hydrogen-bond donors (Lipinski definition) is 1. The fraction of sp³-hybridized carbons (Fsp3) is 0.125. The molecule has 0 atom stereocenters. The molecular formula is C8H8O2. The van der Waals surface area contributed by atoms with E-state index in [9.17, 15) is 4.79 Å². The lowest BCUT2D eigenvalue weighted by atomic mass is 10.3. The van der Waals surface area contributed by atoms with Crippen molar-refractivity contribution in [3.63, 3.8) is 0 Å². The number of allylic oxidation sites excluding steroid dienone is 5. The molecule has 1 N–H and O–H groups in total. The summed E-state index contributed by atoms with van der Waals surface area (Å²) in [6.45, 7) is 0. The first-order chi connectivity index (χ1) is 4.79. The second kappa shape index (κ2) is 3.01. The molecule has 0 fully saturated rings. The third-order valence-corrected chi connectivity index (χ3v) is 1.22. The summed E-state index contributed by atoms with van der Waals surface area (Å²) in [6, 6.07) is 0. The molecule has 0 saturated carbocycles. The van der Waals surface area contributed by atoms with Crippen molar-refractivity contribution in [2.45, 2.75) is 6.42 Å². The molecule has 1 aliphatic rings. The minimum absolute atomic E-state index is 0.902. The number of aliphatic carboxylic acids is 1. The van der Waals surface area contributed by atoms with Crippen molar-refractivity contribution in [2.75, 3.05) is 0 Å². The van der Waals surface area contributed by atoms with Crippen molar-refractivity contribution >= 4 is 5.97 Å². The average Bonchev–Trinajstić information content (AvgIpc) is 2.34. The van der Waals surface area contributed by atoms with E-state index in [1.807, 2.05) is 18.2 Å². The van der Waals surface area contributed by atoms with Crippen LogP contribution in [0.2, 0.25) is 0 Å². The topological polar surface area (TPSA) is 37.3 Å². The molecule has 0 aliphatic heterocycles. The Kier molecular flexibility index (Phi) is 2.05. The summed E-state index contributed by atoms with van der Waals surface area (Å²) < 4.78 is 0. The molecule has 52 valence electrons. The van der Waals surface area contributed by atoms with Crippen LogP contribution in [0.15, 0.2) is 36.0 Å². The van der Waals surface area contributed by atoms with Gasteiger partial charge in [-0.2, -0.15) is 0 Å². The van der Waals surface area contributed by atoms with Gasteiger partial charge < -0.3 is 5.11 Å². The first kappa shape index (κ1) is 6.81. The first-order valence-electron chi connectivity index (χ1n) is 3.07. The Morgan fingerprint density at radius 2 is 2.50 bits per heavy atom. The fourth-order valence-electron chi connectivity index (χ4n) is 0.767. The van der Waals surface area contributed by atoms with E-state index >= 15 is 0 Å². The van der Waals surface area contributed by atoms with E-state index < -0.39 is 5.97 Å². The van der Waals surface area contributed by atoms with Crippen LogP contribution in [0, 0.1) is 0 Å². The Hall–Kier alpha value is -1.31. The molecule has 1 rings (SSSR count). The fourth-order valence-corrected chi connectivity index (χ4v) is 0.767. The summed E-state index contributed by atoms with van der Waals surface area (Å²) in [6.07, 6.45) is 9.51. The molecule has 0 aromatic carbocycles. The van der Waals surface area contributed by atoms with Gasteiger partial charge in [0.05, 0.1) is 0 Å². The summed E-state index contributed by atoms with van der Waals surface area (Å²) in [4.78, 5) is 10.0. The van der Waals surface area contributed by atoms with Gasteiger partial charge in [-0.1, -0.05) is 18.2 Å². The maximum atomic E-state index is 10.0. The zero-order valence-electron chi connectivity index (χ0n) is 5.45. The molecule has 10 heavy (non-hydrogen) atoms. The van der Waals surface area contributed by atoms with Gasteiger partial charge >= 0.3 is 5.97 Å². The molecule has 0 radical (unpaired) electrons. The van der Waals surface area contributed by atoms with Crippen molar-refractivity contribution in [1.29, 1.82) is 0 Å². The first-order valence-corrected chi connectivity index (χ1v) is 3.07. The summed E-state index contributed by atoms with van der Waals surface area (Å²) in [5, 5.41) is 8.24. The number of carboxylic acids is 1. The number of rotatable bonds is 2. The molecule has 0 aromatic heterocycles. The van der Waals surface area contributed by atoms with Crippen molar-refractivity contribution in [3.8, 4) is 0 Å². The third-order valence-electron chi connectivity index (χ3n) is 1.22. The van der Waals surface area contributed by atoms with Crippen LogP contribution in [0.3, 0.4) is 0 Å². The van der Waals surface area contributed by atoms with Crippen LogP contribution < -0.4 is 0 Å². The van der Waals surface area contributed by atoms with Gasteiger partial charge in [0.2, 0.25) is 0 Å². The van der Waals surface area contributed by atoms with E-state index in [-0.39, 0.29) is 0 Å². The Labute approximate surface area is 59.2 Å². The van der Waals surface area contributed by atoms with Crippen LogP contribution in [0.5, 0.6) is 0 Å². The Morgan fingerprint density at radius 3 is 3.00 bits per heavy atom. The molecule has 0 bridgehead atoms. The normalized spacial score (nSPS) is 16.2. The van der Waals surface area contributed by atoms with Crippen LogP contribution in [0.1, 0.15) is 6.42 Å². The van der Waals surface area contributed by atoms with Crippen LogP contribution in [-0.2, 0) is 4.79 Å². The van der Waals surface area contributed by atoms with Gasteiger partial charge in [-0.15, -0.1) is 0 Å². The van der Waals surface area contributed by atoms with Gasteiger partial charge in [0.15, 0.2) is 0 Å². The SMILES string of the molecule is O=C(O)/C=C/C1=CCC=C1. The van der Waals surface area contributed by atoms with Gasteiger partial charge in [0.25, 0.3) is 0 Å². The van der Waals surface area contributed by atoms with Crippen LogP contribution in [0.4, 0.5) is 0 Å². The maximum absolute atomic E-state index is 10.0. The van der Waals surface area contributed by atoms with E-state index in [2.05, 4.69) is 0 Å². The lowest BCUT2D eigenvalue weighted by Crippen LogP contribution is -1.85. The quantitative estimate of drug-likeness (QED) is 0.584. The van der Waals surface area contributed by atoms with Crippen LogP contribution in [-0.4, -0.2) is 11.1 Å². The lowest BCUT2D eigenvalue weighted by molar-refractivity contribution is -0.131. The molecule has 0 unspecified atom stereocenters. The van der Waals surface area contributed by atoms with Crippen molar-refractivity contribution in [1.82, 2.24) is 0 Å². The molecule has 0 aromatic rings. The highest BCUT2D eigenvalue weighted by atomic mass is 16.4. The molecule has 2 heteroatoms. The van der Waals surface area contributed by atoms with Crippen molar-refractivity contribution in [3.05, 3.63) is 36.0 Å². The van der Waals surface area contributed by atoms with Gasteiger partial charge in [-0.05, 0) is 18.1 Å². The second-order valence-corrected chi connectivity index (χ2v) is 2.01. The summed E-state index contributed by atoms with van der Waals surface area (Å²) in [7, 11) is 0. The Balaban J connectivity index is 2.53. The van der Waals surface area contributed by atoms with Gasteiger partial charge in [0, 0.05) is 6.08 Å². The molecule has 0 heterocycles. The number of hydrogen-bond acceptors (Lipinski definition) is 1. The molecule has 0 amide bonds.